The Labute approximate surface area is 204 Å². The van der Waals surface area contributed by atoms with Gasteiger partial charge in [0.2, 0.25) is 17.7 Å². The van der Waals surface area contributed by atoms with Gasteiger partial charge in [0.05, 0.1) is 12.1 Å². The standard InChI is InChI=1S/C27H31N3O5/c1-17(29(2)24(32)15-18-7-4-3-5-8-18)11-14-23(31)28-21-13-12-19-9-6-10-20-16-22(27(34)35)30(25(19)20)26(21)33/h3-10,17,21-22H,11-16H2,1-2H3,(H,28,31)(H,34,35)/t17-,21-,22-/m0/s1. The van der Waals surface area contributed by atoms with Gasteiger partial charge in [0.15, 0.2) is 0 Å². The van der Waals surface area contributed by atoms with Crippen molar-refractivity contribution in [2.45, 2.75) is 63.6 Å². The Bertz CT molecular complexity index is 1130. The van der Waals surface area contributed by atoms with E-state index in [9.17, 15) is 24.3 Å². The number of rotatable bonds is 8. The molecule has 0 saturated heterocycles. The van der Waals surface area contributed by atoms with Gasteiger partial charge >= 0.3 is 5.97 Å². The molecule has 2 aromatic carbocycles. The molecule has 0 radical (unpaired) electrons. The first-order valence-electron chi connectivity index (χ1n) is 12.0. The molecular formula is C27H31N3O5. The Hall–Kier alpha value is -3.68. The number of nitrogens with one attached hydrogen (secondary N) is 1. The number of para-hydroxylation sites is 1. The Balaban J connectivity index is 1.35. The lowest BCUT2D eigenvalue weighted by Crippen LogP contribution is -2.52. The summed E-state index contributed by atoms with van der Waals surface area (Å²) in [6, 6.07) is 13.3. The van der Waals surface area contributed by atoms with E-state index in [2.05, 4.69) is 5.32 Å². The van der Waals surface area contributed by atoms with E-state index in [0.717, 1.165) is 16.7 Å². The summed E-state index contributed by atoms with van der Waals surface area (Å²) in [6.45, 7) is 1.90. The second-order valence-electron chi connectivity index (χ2n) is 9.40. The fraction of sp³-hybridized carbons (Fsp3) is 0.407. The van der Waals surface area contributed by atoms with Crippen molar-refractivity contribution in [3.8, 4) is 0 Å². The van der Waals surface area contributed by atoms with Crippen LogP contribution in [0.4, 0.5) is 5.69 Å². The molecule has 3 amide bonds. The molecule has 8 heteroatoms. The van der Waals surface area contributed by atoms with Crippen molar-refractivity contribution in [2.24, 2.45) is 0 Å². The topological polar surface area (TPSA) is 107 Å². The third-order valence-corrected chi connectivity index (χ3v) is 7.07. The maximum Gasteiger partial charge on any atom is 0.327 e. The van der Waals surface area contributed by atoms with Crippen LogP contribution >= 0.6 is 0 Å². The molecule has 2 N–H and O–H groups in total. The minimum atomic E-state index is -1.05. The zero-order valence-corrected chi connectivity index (χ0v) is 20.1. The van der Waals surface area contributed by atoms with E-state index in [1.54, 1.807) is 11.9 Å². The van der Waals surface area contributed by atoms with Crippen molar-refractivity contribution >= 4 is 29.4 Å². The zero-order chi connectivity index (χ0) is 25.1. The van der Waals surface area contributed by atoms with Crippen LogP contribution in [0.15, 0.2) is 48.5 Å². The van der Waals surface area contributed by atoms with Crippen LogP contribution < -0.4 is 10.2 Å². The molecule has 4 rings (SSSR count). The number of benzene rings is 2. The molecule has 2 aromatic rings. The van der Waals surface area contributed by atoms with Crippen LogP contribution in [0.25, 0.3) is 0 Å². The SMILES string of the molecule is C[C@@H](CCC(=O)N[C@H]1CCc2cccc3c2N(C1=O)[C@H](C(=O)O)C3)N(C)C(=O)Cc1ccccc1. The molecule has 35 heavy (non-hydrogen) atoms. The molecule has 3 atom stereocenters. The number of carbonyl (C=O) groups excluding carboxylic acids is 3. The number of aliphatic carboxylic acids is 1. The van der Waals surface area contributed by atoms with Crippen molar-refractivity contribution in [1.82, 2.24) is 10.2 Å². The average Bonchev–Trinajstić information content (AvgIpc) is 3.19. The van der Waals surface area contributed by atoms with E-state index >= 15 is 0 Å². The van der Waals surface area contributed by atoms with Gasteiger partial charge in [-0.15, -0.1) is 0 Å². The maximum absolute atomic E-state index is 13.3. The number of aryl methyl sites for hydroxylation is 1. The van der Waals surface area contributed by atoms with Crippen LogP contribution in [0.2, 0.25) is 0 Å². The lowest BCUT2D eigenvalue weighted by Gasteiger charge is -2.27. The van der Waals surface area contributed by atoms with E-state index in [-0.39, 0.29) is 36.6 Å². The highest BCUT2D eigenvalue weighted by atomic mass is 16.4. The number of carboxylic acids is 1. The highest BCUT2D eigenvalue weighted by Crippen LogP contribution is 2.39. The lowest BCUT2D eigenvalue weighted by molar-refractivity contribution is -0.140. The van der Waals surface area contributed by atoms with Crippen LogP contribution in [0, 0.1) is 0 Å². The summed E-state index contributed by atoms with van der Waals surface area (Å²) in [5, 5.41) is 12.5. The summed E-state index contributed by atoms with van der Waals surface area (Å²) in [4.78, 5) is 53.5. The average molecular weight is 478 g/mol. The summed E-state index contributed by atoms with van der Waals surface area (Å²) < 4.78 is 0. The van der Waals surface area contributed by atoms with Crippen LogP contribution in [0.3, 0.4) is 0 Å². The highest BCUT2D eigenvalue weighted by Gasteiger charge is 2.44. The first-order valence-corrected chi connectivity index (χ1v) is 12.0. The second-order valence-corrected chi connectivity index (χ2v) is 9.40. The minimum Gasteiger partial charge on any atom is -0.480 e. The number of carbonyl (C=O) groups is 4. The molecule has 0 bridgehead atoms. The predicted molar refractivity (Wildman–Crippen MR) is 131 cm³/mol. The molecule has 184 valence electrons. The zero-order valence-electron chi connectivity index (χ0n) is 20.1. The van der Waals surface area contributed by atoms with E-state index in [1.165, 1.54) is 4.90 Å². The Morgan fingerprint density at radius 1 is 1.11 bits per heavy atom. The molecule has 0 saturated carbocycles. The summed E-state index contributed by atoms with van der Waals surface area (Å²) in [7, 11) is 1.73. The quantitative estimate of drug-likeness (QED) is 0.607. The first-order chi connectivity index (χ1) is 16.8. The molecular weight excluding hydrogens is 446 g/mol. The number of hydrogen-bond donors (Lipinski definition) is 2. The molecule has 0 unspecified atom stereocenters. The Morgan fingerprint density at radius 2 is 1.83 bits per heavy atom. The number of anilines is 1. The normalized spacial score (nSPS) is 19.5. The van der Waals surface area contributed by atoms with Gasteiger partial charge in [-0.25, -0.2) is 4.79 Å². The summed E-state index contributed by atoms with van der Waals surface area (Å²) in [5.41, 5.74) is 3.41. The summed E-state index contributed by atoms with van der Waals surface area (Å²) >= 11 is 0. The van der Waals surface area contributed by atoms with E-state index in [4.69, 9.17) is 0 Å². The number of carboxylic acid groups (broad SMARTS) is 1. The fourth-order valence-electron chi connectivity index (χ4n) is 4.90. The number of likely N-dealkylation sites (N-methyl/N-ethyl adjacent to an activating group) is 1. The van der Waals surface area contributed by atoms with Gasteiger partial charge in [-0.05, 0) is 42.9 Å². The Morgan fingerprint density at radius 3 is 2.54 bits per heavy atom. The lowest BCUT2D eigenvalue weighted by atomic mass is 10.0. The second kappa shape index (κ2) is 10.3. The number of amides is 3. The van der Waals surface area contributed by atoms with Crippen LogP contribution in [-0.4, -0.2) is 58.9 Å². The van der Waals surface area contributed by atoms with Gasteiger partial charge in [0.25, 0.3) is 0 Å². The van der Waals surface area contributed by atoms with Crippen LogP contribution in [-0.2, 0) is 38.4 Å². The first kappa shape index (κ1) is 24.4. The summed E-state index contributed by atoms with van der Waals surface area (Å²) in [5.74, 6) is -1.73. The molecule has 0 aromatic heterocycles. The minimum absolute atomic E-state index is 0.0228. The van der Waals surface area contributed by atoms with Crippen molar-refractivity contribution in [1.29, 1.82) is 0 Å². The third-order valence-electron chi connectivity index (χ3n) is 7.07. The molecule has 2 heterocycles. The van der Waals surface area contributed by atoms with Crippen molar-refractivity contribution < 1.29 is 24.3 Å². The molecule has 0 spiro atoms. The molecule has 0 fully saturated rings. The highest BCUT2D eigenvalue weighted by molar-refractivity contribution is 6.06. The van der Waals surface area contributed by atoms with Crippen LogP contribution in [0.1, 0.15) is 42.9 Å². The fourth-order valence-corrected chi connectivity index (χ4v) is 4.90. The van der Waals surface area contributed by atoms with Crippen molar-refractivity contribution in [3.05, 3.63) is 65.2 Å². The number of nitrogens with zero attached hydrogens (tertiary/aromatic N) is 2. The van der Waals surface area contributed by atoms with Gasteiger partial charge in [-0.3, -0.25) is 19.3 Å². The monoisotopic (exact) mass is 477 g/mol. The van der Waals surface area contributed by atoms with E-state index in [0.29, 0.717) is 31.4 Å². The smallest absolute Gasteiger partial charge is 0.327 e. The van der Waals surface area contributed by atoms with Gasteiger partial charge in [-0.1, -0.05) is 48.5 Å². The maximum atomic E-state index is 13.3. The largest absolute Gasteiger partial charge is 0.480 e. The van der Waals surface area contributed by atoms with Gasteiger partial charge < -0.3 is 15.3 Å². The van der Waals surface area contributed by atoms with Gasteiger partial charge in [0.1, 0.15) is 12.1 Å². The van der Waals surface area contributed by atoms with Gasteiger partial charge in [0, 0.05) is 25.9 Å². The molecule has 0 aliphatic carbocycles. The molecule has 2 aliphatic heterocycles. The Kier molecular flexibility index (Phi) is 7.19. The van der Waals surface area contributed by atoms with Crippen molar-refractivity contribution in [2.75, 3.05) is 11.9 Å². The van der Waals surface area contributed by atoms with E-state index in [1.807, 2.05) is 55.5 Å². The molecule has 2 aliphatic rings. The van der Waals surface area contributed by atoms with Crippen LogP contribution in [0.5, 0.6) is 0 Å². The van der Waals surface area contributed by atoms with Gasteiger partial charge in [-0.2, -0.15) is 0 Å². The predicted octanol–water partition coefficient (Wildman–Crippen LogP) is 2.33. The van der Waals surface area contributed by atoms with E-state index < -0.39 is 18.1 Å². The van der Waals surface area contributed by atoms with Crippen molar-refractivity contribution in [3.63, 3.8) is 0 Å². The summed E-state index contributed by atoms with van der Waals surface area (Å²) in [6.07, 6.45) is 2.17. The third kappa shape index (κ3) is 5.21. The molecule has 8 nitrogen and oxygen atoms in total. The number of hydrogen-bond acceptors (Lipinski definition) is 4.